The van der Waals surface area contributed by atoms with Crippen molar-refractivity contribution in [3.63, 3.8) is 0 Å². The predicted molar refractivity (Wildman–Crippen MR) is 84.6 cm³/mol. The molecule has 0 saturated heterocycles. The molecule has 1 aromatic heterocycles. The van der Waals surface area contributed by atoms with Crippen LogP contribution in [0, 0.1) is 0 Å². The normalized spacial score (nSPS) is 11.3. The second kappa shape index (κ2) is 6.37. The molecule has 1 rings (SSSR count). The minimum atomic E-state index is -0.296. The van der Waals surface area contributed by atoms with E-state index in [9.17, 15) is 9.59 Å². The van der Waals surface area contributed by atoms with E-state index in [0.29, 0.717) is 4.88 Å². The van der Waals surface area contributed by atoms with Gasteiger partial charge in [-0.1, -0.05) is 0 Å². The molecule has 0 saturated carbocycles. The van der Waals surface area contributed by atoms with Crippen LogP contribution in [-0.2, 0) is 4.79 Å². The number of hydrogen-bond acceptors (Lipinski definition) is 3. The van der Waals surface area contributed by atoms with Gasteiger partial charge in [0.05, 0.1) is 15.2 Å². The van der Waals surface area contributed by atoms with Gasteiger partial charge in [-0.25, -0.2) is 0 Å². The van der Waals surface area contributed by atoms with E-state index >= 15 is 0 Å². The van der Waals surface area contributed by atoms with Crippen LogP contribution in [0.3, 0.4) is 0 Å². The monoisotopic (exact) mass is 410 g/mol. The quantitative estimate of drug-likeness (QED) is 0.829. The molecule has 0 atom stereocenters. The maximum atomic E-state index is 12.1. The number of carbonyl (C=O) groups excluding carboxylic acids is 2. The molecule has 0 aliphatic rings. The van der Waals surface area contributed by atoms with E-state index in [4.69, 9.17) is 0 Å². The van der Waals surface area contributed by atoms with Crippen molar-refractivity contribution < 1.29 is 9.59 Å². The standard InChI is InChI=1S/C12H16Br2N2O2S/c1-12(2,3)15-9(17)6-16(4)11(18)8-5-7(13)10(14)19-8/h5H,6H2,1-4H3,(H,15,17). The molecule has 0 fully saturated rings. The van der Waals surface area contributed by atoms with Gasteiger partial charge >= 0.3 is 0 Å². The van der Waals surface area contributed by atoms with Gasteiger partial charge in [0.2, 0.25) is 5.91 Å². The number of nitrogens with zero attached hydrogens (tertiary/aromatic N) is 1. The summed E-state index contributed by atoms with van der Waals surface area (Å²) in [7, 11) is 1.62. The van der Waals surface area contributed by atoms with Crippen LogP contribution in [0.25, 0.3) is 0 Å². The zero-order valence-electron chi connectivity index (χ0n) is 11.2. The molecule has 0 aliphatic carbocycles. The number of halogens is 2. The van der Waals surface area contributed by atoms with E-state index in [1.54, 1.807) is 13.1 Å². The third-order valence-electron chi connectivity index (χ3n) is 2.10. The van der Waals surface area contributed by atoms with Crippen LogP contribution in [0.4, 0.5) is 0 Å². The summed E-state index contributed by atoms with van der Waals surface area (Å²) >= 11 is 8.02. The Hall–Kier alpha value is -0.400. The lowest BCUT2D eigenvalue weighted by molar-refractivity contribution is -0.122. The van der Waals surface area contributed by atoms with Crippen molar-refractivity contribution in [2.24, 2.45) is 0 Å². The smallest absolute Gasteiger partial charge is 0.264 e. The first-order chi connectivity index (χ1) is 8.60. The number of rotatable bonds is 3. The predicted octanol–water partition coefficient (Wildman–Crippen LogP) is 3.26. The van der Waals surface area contributed by atoms with Crippen LogP contribution in [-0.4, -0.2) is 35.8 Å². The molecule has 0 aliphatic heterocycles. The van der Waals surface area contributed by atoms with E-state index in [-0.39, 0.29) is 23.9 Å². The van der Waals surface area contributed by atoms with Crippen molar-refractivity contribution in [1.29, 1.82) is 0 Å². The molecule has 2 amide bonds. The fraction of sp³-hybridized carbons (Fsp3) is 0.500. The van der Waals surface area contributed by atoms with Gasteiger partial charge in [-0.15, -0.1) is 11.3 Å². The first-order valence-corrected chi connectivity index (χ1v) is 8.01. The maximum absolute atomic E-state index is 12.1. The van der Waals surface area contributed by atoms with Gasteiger partial charge in [-0.3, -0.25) is 9.59 Å². The minimum absolute atomic E-state index is 0.0449. The number of nitrogens with one attached hydrogen (secondary N) is 1. The van der Waals surface area contributed by atoms with Gasteiger partial charge in [-0.05, 0) is 58.7 Å². The summed E-state index contributed by atoms with van der Waals surface area (Å²) in [6.07, 6.45) is 0. The average Bonchev–Trinajstić information content (AvgIpc) is 2.55. The Bertz CT molecular complexity index is 475. The maximum Gasteiger partial charge on any atom is 0.264 e. The van der Waals surface area contributed by atoms with E-state index in [0.717, 1.165) is 8.26 Å². The second-order valence-corrected chi connectivity index (χ2v) is 8.42. The fourth-order valence-electron chi connectivity index (χ4n) is 1.39. The van der Waals surface area contributed by atoms with Crippen molar-refractivity contribution in [3.8, 4) is 0 Å². The zero-order chi connectivity index (χ0) is 14.8. The fourth-order valence-corrected chi connectivity index (χ4v) is 3.42. The van der Waals surface area contributed by atoms with E-state index in [1.165, 1.54) is 16.2 Å². The molecular weight excluding hydrogens is 396 g/mol. The van der Waals surface area contributed by atoms with Crippen LogP contribution in [0.15, 0.2) is 14.3 Å². The molecule has 1 N–H and O–H groups in total. The van der Waals surface area contributed by atoms with Crippen LogP contribution >= 0.6 is 43.2 Å². The number of hydrogen-bond donors (Lipinski definition) is 1. The molecule has 1 aromatic rings. The van der Waals surface area contributed by atoms with Crippen molar-refractivity contribution in [2.45, 2.75) is 26.3 Å². The summed E-state index contributed by atoms with van der Waals surface area (Å²) in [5, 5.41) is 2.83. The number of thiophene rings is 1. The van der Waals surface area contributed by atoms with Gasteiger partial charge in [0, 0.05) is 17.1 Å². The number of carbonyl (C=O) groups is 2. The molecule has 0 radical (unpaired) electrons. The van der Waals surface area contributed by atoms with Crippen LogP contribution in [0.5, 0.6) is 0 Å². The molecule has 106 valence electrons. The highest BCUT2D eigenvalue weighted by Gasteiger charge is 2.20. The van der Waals surface area contributed by atoms with Crippen LogP contribution < -0.4 is 5.32 Å². The Morgan fingerprint density at radius 2 is 1.95 bits per heavy atom. The topological polar surface area (TPSA) is 49.4 Å². The van der Waals surface area contributed by atoms with Gasteiger partial charge in [0.1, 0.15) is 0 Å². The van der Waals surface area contributed by atoms with E-state index in [1.807, 2.05) is 20.8 Å². The van der Waals surface area contributed by atoms with Gasteiger partial charge in [0.15, 0.2) is 0 Å². The van der Waals surface area contributed by atoms with Crippen LogP contribution in [0.2, 0.25) is 0 Å². The third-order valence-corrected chi connectivity index (χ3v) is 5.34. The van der Waals surface area contributed by atoms with Crippen molar-refractivity contribution in [1.82, 2.24) is 10.2 Å². The Morgan fingerprint density at radius 3 is 2.37 bits per heavy atom. The lowest BCUT2D eigenvalue weighted by atomic mass is 10.1. The van der Waals surface area contributed by atoms with Crippen molar-refractivity contribution in [3.05, 3.63) is 19.2 Å². The summed E-state index contributed by atoms with van der Waals surface area (Å²) in [5.41, 5.74) is -0.296. The lowest BCUT2D eigenvalue weighted by Crippen LogP contribution is -2.46. The van der Waals surface area contributed by atoms with Crippen LogP contribution in [0.1, 0.15) is 30.4 Å². The van der Waals surface area contributed by atoms with E-state index < -0.39 is 0 Å². The lowest BCUT2D eigenvalue weighted by Gasteiger charge is -2.23. The zero-order valence-corrected chi connectivity index (χ0v) is 15.2. The van der Waals surface area contributed by atoms with E-state index in [2.05, 4.69) is 37.2 Å². The molecule has 0 unspecified atom stereocenters. The SMILES string of the molecule is CN(CC(=O)NC(C)(C)C)C(=O)c1cc(Br)c(Br)s1. The Morgan fingerprint density at radius 1 is 1.37 bits per heavy atom. The number of amides is 2. The largest absolute Gasteiger partial charge is 0.350 e. The molecule has 0 bridgehead atoms. The molecule has 0 aromatic carbocycles. The highest BCUT2D eigenvalue weighted by Crippen LogP contribution is 2.32. The van der Waals surface area contributed by atoms with Gasteiger partial charge < -0.3 is 10.2 Å². The second-order valence-electron chi connectivity index (χ2n) is 5.19. The molecule has 4 nitrogen and oxygen atoms in total. The Labute approximate surface area is 133 Å². The Kier molecular flexibility index (Phi) is 5.58. The summed E-state index contributed by atoms with van der Waals surface area (Å²) in [6, 6.07) is 1.75. The van der Waals surface area contributed by atoms with Gasteiger partial charge in [0.25, 0.3) is 5.91 Å². The minimum Gasteiger partial charge on any atom is -0.350 e. The highest BCUT2D eigenvalue weighted by molar-refractivity contribution is 9.13. The summed E-state index contributed by atoms with van der Waals surface area (Å²) < 4.78 is 1.71. The summed E-state index contributed by atoms with van der Waals surface area (Å²) in [5.74, 6) is -0.335. The summed E-state index contributed by atoms with van der Waals surface area (Å²) in [6.45, 7) is 5.75. The summed E-state index contributed by atoms with van der Waals surface area (Å²) in [4.78, 5) is 25.9. The van der Waals surface area contributed by atoms with Crippen molar-refractivity contribution in [2.75, 3.05) is 13.6 Å². The Balaban J connectivity index is 2.65. The molecule has 7 heteroatoms. The average molecular weight is 412 g/mol. The third kappa shape index (κ3) is 5.24. The molecular formula is C12H16Br2N2O2S. The van der Waals surface area contributed by atoms with Gasteiger partial charge in [-0.2, -0.15) is 0 Å². The first kappa shape index (κ1) is 16.7. The van der Waals surface area contributed by atoms with Crippen molar-refractivity contribution >= 4 is 55.0 Å². The molecule has 0 spiro atoms. The number of likely N-dealkylation sites (N-methyl/N-ethyl adjacent to an activating group) is 1. The highest BCUT2D eigenvalue weighted by atomic mass is 79.9. The molecule has 1 heterocycles. The molecule has 19 heavy (non-hydrogen) atoms. The first-order valence-electron chi connectivity index (χ1n) is 5.61.